The van der Waals surface area contributed by atoms with E-state index in [0.717, 1.165) is 0 Å². The fraction of sp³-hybridized carbons (Fsp3) is 0.722. The molecule has 0 fully saturated rings. The van der Waals surface area contributed by atoms with Gasteiger partial charge in [0.25, 0.3) is 0 Å². The molecule has 182 valence electrons. The first-order chi connectivity index (χ1) is 15.0. The summed E-state index contributed by atoms with van der Waals surface area (Å²) in [6, 6.07) is 0. The fourth-order valence-corrected chi connectivity index (χ4v) is 4.43. The highest BCUT2D eigenvalue weighted by Gasteiger charge is 2.38. The molecule has 0 spiro atoms. The Labute approximate surface area is 185 Å². The Hall–Kier alpha value is -1.86. The van der Waals surface area contributed by atoms with Crippen molar-refractivity contribution >= 4 is 24.7 Å². The quantitative estimate of drug-likeness (QED) is 0.255. The largest absolute Gasteiger partial charge is 0.479 e. The maximum absolute atomic E-state index is 12.3. The number of ether oxygens (including phenoxy) is 2. The van der Waals surface area contributed by atoms with Crippen molar-refractivity contribution in [2.75, 3.05) is 26.1 Å². The molecule has 14 heteroatoms. The van der Waals surface area contributed by atoms with Crippen LogP contribution in [-0.2, 0) is 13.8 Å². The van der Waals surface area contributed by atoms with Crippen LogP contribution in [-0.4, -0.2) is 77.6 Å². The highest BCUT2D eigenvalue weighted by atomic mass is 31.2. The second-order valence-electron chi connectivity index (χ2n) is 7.52. The van der Waals surface area contributed by atoms with Gasteiger partial charge >= 0.3 is 7.60 Å². The number of fused-ring (bicyclic) bond motifs is 1. The first-order valence-corrected chi connectivity index (χ1v) is 11.8. The Morgan fingerprint density at radius 2 is 2.00 bits per heavy atom. The average Bonchev–Trinajstić information content (AvgIpc) is 3.17. The van der Waals surface area contributed by atoms with Crippen molar-refractivity contribution in [2.24, 2.45) is 0 Å². The summed E-state index contributed by atoms with van der Waals surface area (Å²) in [5, 5.41) is 29.6. The number of anilines is 1. The number of aliphatic hydroxyl groups excluding tert-OH is 3. The van der Waals surface area contributed by atoms with E-state index in [1.165, 1.54) is 18.0 Å². The van der Waals surface area contributed by atoms with E-state index in [1.807, 2.05) is 0 Å². The minimum absolute atomic E-state index is 0.0222. The molecule has 0 amide bonds. The molecule has 3 unspecified atom stereocenters. The number of methoxy groups -OCH3 is 1. The van der Waals surface area contributed by atoms with Gasteiger partial charge in [-0.05, 0) is 19.8 Å². The summed E-state index contributed by atoms with van der Waals surface area (Å²) in [7, 11) is -2.85. The third-order valence-corrected chi connectivity index (χ3v) is 6.97. The van der Waals surface area contributed by atoms with E-state index in [1.54, 1.807) is 20.8 Å². The predicted molar refractivity (Wildman–Crippen MR) is 115 cm³/mol. The fourth-order valence-electron chi connectivity index (χ4n) is 2.99. The normalized spacial score (nSPS) is 18.6. The van der Waals surface area contributed by atoms with Crippen LogP contribution < -0.4 is 10.5 Å². The van der Waals surface area contributed by atoms with Crippen LogP contribution in [0.25, 0.3) is 11.2 Å². The monoisotopic (exact) mass is 477 g/mol. The lowest BCUT2D eigenvalue weighted by Gasteiger charge is -2.33. The summed E-state index contributed by atoms with van der Waals surface area (Å²) in [5.74, 6) is -1.42. The van der Waals surface area contributed by atoms with E-state index >= 15 is 0 Å². The van der Waals surface area contributed by atoms with E-state index in [4.69, 9.17) is 19.7 Å². The zero-order chi connectivity index (χ0) is 24.1. The second kappa shape index (κ2) is 10.8. The Morgan fingerprint density at radius 1 is 1.31 bits per heavy atom. The Kier molecular flexibility index (Phi) is 8.94. The average molecular weight is 477 g/mol. The van der Waals surface area contributed by atoms with Crippen LogP contribution in [0, 0.1) is 0 Å². The van der Waals surface area contributed by atoms with Gasteiger partial charge in [-0.1, -0.05) is 13.8 Å². The second-order valence-corrected chi connectivity index (χ2v) is 9.43. The summed E-state index contributed by atoms with van der Waals surface area (Å²) in [6.45, 7) is 4.34. The molecule has 2 aromatic rings. The molecule has 0 radical (unpaired) electrons. The van der Waals surface area contributed by atoms with Crippen molar-refractivity contribution in [3.8, 4) is 5.88 Å². The molecule has 5 atom stereocenters. The molecule has 0 aliphatic carbocycles. The first-order valence-electron chi connectivity index (χ1n) is 10.2. The molecule has 0 aromatic carbocycles. The summed E-state index contributed by atoms with van der Waals surface area (Å²) in [5.41, 5.74) is 5.16. The van der Waals surface area contributed by atoms with Crippen LogP contribution in [0.1, 0.15) is 46.3 Å². The topological polar surface area (TPSA) is 195 Å². The van der Waals surface area contributed by atoms with E-state index < -0.39 is 38.0 Å². The van der Waals surface area contributed by atoms with Gasteiger partial charge in [0.05, 0.1) is 32.3 Å². The number of nitrogens with two attached hydrogens (primary N) is 1. The maximum atomic E-state index is 12.3. The van der Waals surface area contributed by atoms with Crippen LogP contribution in [0.3, 0.4) is 0 Å². The first kappa shape index (κ1) is 26.4. The number of rotatable bonds is 13. The molecule has 2 aromatic heterocycles. The van der Waals surface area contributed by atoms with Crippen molar-refractivity contribution in [1.82, 2.24) is 19.5 Å². The van der Waals surface area contributed by atoms with Crippen molar-refractivity contribution < 1.29 is 38.8 Å². The smallest absolute Gasteiger partial charge is 0.356 e. The lowest BCUT2D eigenvalue weighted by Crippen LogP contribution is -2.33. The number of aliphatic hydroxyl groups is 3. The predicted octanol–water partition coefficient (Wildman–Crippen LogP) is 0.775. The highest BCUT2D eigenvalue weighted by Crippen LogP contribution is 2.52. The van der Waals surface area contributed by atoms with Gasteiger partial charge in [-0.25, -0.2) is 4.98 Å². The molecule has 0 aliphatic heterocycles. The Bertz CT molecular complexity index is 943. The van der Waals surface area contributed by atoms with E-state index in [2.05, 4.69) is 15.0 Å². The molecule has 0 saturated heterocycles. The summed E-state index contributed by atoms with van der Waals surface area (Å²) in [6.07, 6.45) is -0.510. The molecule has 2 heterocycles. The van der Waals surface area contributed by atoms with Crippen molar-refractivity contribution in [3.05, 3.63) is 6.33 Å². The molecule has 0 bridgehead atoms. The molecule has 0 saturated carbocycles. The summed E-state index contributed by atoms with van der Waals surface area (Å²) in [4.78, 5) is 22.3. The van der Waals surface area contributed by atoms with E-state index in [-0.39, 0.29) is 42.4 Å². The molecule has 6 N–H and O–H groups in total. The van der Waals surface area contributed by atoms with Crippen molar-refractivity contribution in [1.29, 1.82) is 0 Å². The van der Waals surface area contributed by atoms with Crippen LogP contribution in [0.2, 0.25) is 0 Å². The maximum Gasteiger partial charge on any atom is 0.356 e. The zero-order valence-electron chi connectivity index (χ0n) is 18.6. The lowest BCUT2D eigenvalue weighted by molar-refractivity contribution is -0.107. The minimum atomic E-state index is -4.26. The third kappa shape index (κ3) is 5.93. The van der Waals surface area contributed by atoms with Crippen molar-refractivity contribution in [3.63, 3.8) is 0 Å². The Balaban J connectivity index is 2.23. The minimum Gasteiger partial charge on any atom is -0.479 e. The molecular formula is C18H32N5O8P. The molecule has 32 heavy (non-hydrogen) atoms. The van der Waals surface area contributed by atoms with Gasteiger partial charge in [-0.3, -0.25) is 9.13 Å². The van der Waals surface area contributed by atoms with Gasteiger partial charge in [-0.15, -0.1) is 0 Å². The van der Waals surface area contributed by atoms with E-state index in [0.29, 0.717) is 6.42 Å². The Morgan fingerprint density at radius 3 is 2.56 bits per heavy atom. The molecule has 2 rings (SSSR count). The zero-order valence-corrected chi connectivity index (χ0v) is 19.5. The van der Waals surface area contributed by atoms with E-state index in [9.17, 15) is 24.8 Å². The van der Waals surface area contributed by atoms with Gasteiger partial charge in [0, 0.05) is 6.42 Å². The van der Waals surface area contributed by atoms with Crippen LogP contribution >= 0.6 is 7.60 Å². The number of nitrogens with zero attached hydrogens (tertiary/aromatic N) is 4. The van der Waals surface area contributed by atoms with Crippen molar-refractivity contribution in [2.45, 2.75) is 63.8 Å². The summed E-state index contributed by atoms with van der Waals surface area (Å²) < 4.78 is 30.1. The number of hydrogen-bond donors (Lipinski definition) is 5. The third-order valence-electron chi connectivity index (χ3n) is 5.15. The highest BCUT2D eigenvalue weighted by molar-refractivity contribution is 7.53. The lowest BCUT2D eigenvalue weighted by atomic mass is 10.0. The molecule has 0 aliphatic rings. The van der Waals surface area contributed by atoms with Crippen LogP contribution in [0.4, 0.5) is 5.95 Å². The van der Waals surface area contributed by atoms with Gasteiger partial charge in [0.15, 0.2) is 23.2 Å². The standard InChI is InChI=1S/C18H32N5O8P/c1-5-12(26)32(27,28)31-18(3,6-2)7-8-30-16(11(25)9-24)23-10-20-13-14(23)21-17(19)22-15(13)29-4/h10-12,16,24-26H,5-9H2,1-4H3,(H,27,28)(H2,19,21,22)/t11-,12?,16-,18?/m1/s1. The molecular weight excluding hydrogens is 445 g/mol. The summed E-state index contributed by atoms with van der Waals surface area (Å²) >= 11 is 0. The van der Waals surface area contributed by atoms with Crippen LogP contribution in [0.5, 0.6) is 5.88 Å². The van der Waals surface area contributed by atoms with Gasteiger partial charge in [0.1, 0.15) is 6.10 Å². The number of imidazole rings is 1. The van der Waals surface area contributed by atoms with Gasteiger partial charge in [0.2, 0.25) is 11.8 Å². The number of aromatic nitrogens is 4. The SMILES string of the molecule is CCC(O)P(=O)(O)OC(C)(CC)CCO[C@H]([C@H](O)CO)n1cnc2c(OC)nc(N)nc21. The number of nitrogen functional groups attached to an aromatic ring is 1. The van der Waals surface area contributed by atoms with Gasteiger partial charge in [-0.2, -0.15) is 9.97 Å². The van der Waals surface area contributed by atoms with Gasteiger partial charge < -0.3 is 39.9 Å². The molecule has 13 nitrogen and oxygen atoms in total. The number of hydrogen-bond acceptors (Lipinski definition) is 11. The van der Waals surface area contributed by atoms with Crippen LogP contribution in [0.15, 0.2) is 6.33 Å².